The average Bonchev–Trinajstić information content (AvgIpc) is 3.24. The Morgan fingerprint density at radius 2 is 1.86 bits per heavy atom. The van der Waals surface area contributed by atoms with Crippen molar-refractivity contribution in [2.24, 2.45) is 0 Å². The molecular weight excluding hydrogens is 387 g/mol. The Morgan fingerprint density at radius 1 is 1.07 bits per heavy atom. The number of aryl methyl sites for hydroxylation is 1. The highest BCUT2D eigenvalue weighted by molar-refractivity contribution is 7.11. The molecule has 2 heterocycles. The van der Waals surface area contributed by atoms with Crippen molar-refractivity contribution in [1.82, 2.24) is 4.98 Å². The van der Waals surface area contributed by atoms with Crippen molar-refractivity contribution >= 4 is 28.4 Å². The number of thiazole rings is 1. The lowest BCUT2D eigenvalue weighted by Gasteiger charge is -2.19. The van der Waals surface area contributed by atoms with Gasteiger partial charge < -0.3 is 10.0 Å². The number of aliphatic hydroxyl groups excluding tert-OH is 1. The molecule has 0 spiro atoms. The predicted octanol–water partition coefficient (Wildman–Crippen LogP) is 5.30. The van der Waals surface area contributed by atoms with Gasteiger partial charge >= 0.3 is 0 Å². The molecule has 0 saturated heterocycles. The SMILES string of the molecule is Cc1ccc(N2CC(O)=C(c3nc(-c4ccc(F)c(F)c4)cs3)C2=N)cc1F. The fourth-order valence-corrected chi connectivity index (χ4v) is 3.85. The first-order valence-electron chi connectivity index (χ1n) is 8.31. The maximum Gasteiger partial charge on any atom is 0.159 e. The summed E-state index contributed by atoms with van der Waals surface area (Å²) in [6, 6.07) is 8.08. The standard InChI is InChI=1S/C20H14F3N3OS/c1-10-2-4-12(7-14(10)22)26-8-17(27)18(19(26)24)20-25-16(9-28-20)11-3-5-13(21)15(23)6-11/h2-7,9,24,27H,8H2,1H3. The van der Waals surface area contributed by atoms with Gasteiger partial charge in [-0.3, -0.25) is 5.41 Å². The van der Waals surface area contributed by atoms with Crippen LogP contribution in [-0.4, -0.2) is 22.5 Å². The zero-order valence-electron chi connectivity index (χ0n) is 14.6. The fourth-order valence-electron chi connectivity index (χ4n) is 2.95. The van der Waals surface area contributed by atoms with Crippen LogP contribution in [0.2, 0.25) is 0 Å². The summed E-state index contributed by atoms with van der Waals surface area (Å²) in [6.07, 6.45) is 0. The number of amidine groups is 1. The van der Waals surface area contributed by atoms with E-state index in [4.69, 9.17) is 5.41 Å². The van der Waals surface area contributed by atoms with E-state index in [0.717, 1.165) is 12.1 Å². The molecule has 1 aliphatic heterocycles. The molecule has 2 aromatic carbocycles. The molecule has 0 amide bonds. The lowest BCUT2D eigenvalue weighted by Crippen LogP contribution is -2.26. The molecule has 142 valence electrons. The van der Waals surface area contributed by atoms with Crippen molar-refractivity contribution < 1.29 is 18.3 Å². The highest BCUT2D eigenvalue weighted by Crippen LogP contribution is 2.35. The first-order valence-corrected chi connectivity index (χ1v) is 9.19. The monoisotopic (exact) mass is 401 g/mol. The van der Waals surface area contributed by atoms with Crippen molar-refractivity contribution in [3.63, 3.8) is 0 Å². The second-order valence-electron chi connectivity index (χ2n) is 6.36. The lowest BCUT2D eigenvalue weighted by atomic mass is 10.1. The van der Waals surface area contributed by atoms with Crippen molar-refractivity contribution in [2.75, 3.05) is 11.4 Å². The van der Waals surface area contributed by atoms with E-state index in [1.54, 1.807) is 24.4 Å². The Bertz CT molecular complexity index is 1140. The van der Waals surface area contributed by atoms with Crippen molar-refractivity contribution in [3.8, 4) is 11.3 Å². The van der Waals surface area contributed by atoms with Crippen LogP contribution in [0.25, 0.3) is 16.8 Å². The van der Waals surface area contributed by atoms with Crippen molar-refractivity contribution in [1.29, 1.82) is 5.41 Å². The van der Waals surface area contributed by atoms with Crippen LogP contribution in [0.1, 0.15) is 10.6 Å². The summed E-state index contributed by atoms with van der Waals surface area (Å²) < 4.78 is 40.5. The van der Waals surface area contributed by atoms with E-state index in [9.17, 15) is 18.3 Å². The fraction of sp³-hybridized carbons (Fsp3) is 0.100. The van der Waals surface area contributed by atoms with Crippen LogP contribution in [0.5, 0.6) is 0 Å². The molecule has 8 heteroatoms. The second kappa shape index (κ2) is 6.79. The number of hydrogen-bond donors (Lipinski definition) is 2. The number of hydrogen-bond acceptors (Lipinski definition) is 4. The van der Waals surface area contributed by atoms with Crippen LogP contribution in [0.4, 0.5) is 18.9 Å². The third kappa shape index (κ3) is 3.05. The molecule has 28 heavy (non-hydrogen) atoms. The second-order valence-corrected chi connectivity index (χ2v) is 7.21. The molecule has 0 fully saturated rings. The van der Waals surface area contributed by atoms with Crippen LogP contribution in [0, 0.1) is 29.8 Å². The molecule has 1 aromatic heterocycles. The Labute approximate surface area is 162 Å². The number of aromatic nitrogens is 1. The Kier molecular flexibility index (Phi) is 4.43. The van der Waals surface area contributed by atoms with Crippen LogP contribution >= 0.6 is 11.3 Å². The van der Waals surface area contributed by atoms with Gasteiger partial charge in [-0.1, -0.05) is 6.07 Å². The minimum Gasteiger partial charge on any atom is -0.510 e. The summed E-state index contributed by atoms with van der Waals surface area (Å²) in [6.45, 7) is 1.67. The van der Waals surface area contributed by atoms with Gasteiger partial charge in [-0.05, 0) is 42.8 Å². The first kappa shape index (κ1) is 18.2. The zero-order chi connectivity index (χ0) is 20.0. The van der Waals surface area contributed by atoms with E-state index in [-0.39, 0.29) is 23.7 Å². The van der Waals surface area contributed by atoms with Crippen molar-refractivity contribution in [2.45, 2.75) is 6.92 Å². The first-order chi connectivity index (χ1) is 13.3. The molecule has 0 bridgehead atoms. The van der Waals surface area contributed by atoms with E-state index in [1.807, 2.05) is 0 Å². The smallest absolute Gasteiger partial charge is 0.159 e. The minimum atomic E-state index is -0.977. The van der Waals surface area contributed by atoms with Gasteiger partial charge in [-0.2, -0.15) is 0 Å². The van der Waals surface area contributed by atoms with E-state index >= 15 is 0 Å². The highest BCUT2D eigenvalue weighted by atomic mass is 32.1. The molecule has 4 nitrogen and oxygen atoms in total. The van der Waals surface area contributed by atoms with Crippen molar-refractivity contribution in [3.05, 3.63) is 75.6 Å². The number of rotatable bonds is 3. The Balaban J connectivity index is 1.65. The summed E-state index contributed by atoms with van der Waals surface area (Å²) in [7, 11) is 0. The van der Waals surface area contributed by atoms with Crippen LogP contribution in [0.3, 0.4) is 0 Å². The molecule has 0 aliphatic carbocycles. The Hall–Kier alpha value is -3.13. The number of halogens is 3. The quantitative estimate of drug-likeness (QED) is 0.626. The largest absolute Gasteiger partial charge is 0.510 e. The summed E-state index contributed by atoms with van der Waals surface area (Å²) in [4.78, 5) is 5.84. The molecular formula is C20H14F3N3OS. The summed E-state index contributed by atoms with van der Waals surface area (Å²) in [5, 5.41) is 20.8. The number of anilines is 1. The highest BCUT2D eigenvalue weighted by Gasteiger charge is 2.31. The molecule has 0 saturated carbocycles. The number of nitrogens with one attached hydrogen (secondary N) is 1. The number of nitrogens with zero attached hydrogens (tertiary/aromatic N) is 2. The predicted molar refractivity (Wildman–Crippen MR) is 103 cm³/mol. The van der Waals surface area contributed by atoms with Gasteiger partial charge in [0.25, 0.3) is 0 Å². The minimum absolute atomic E-state index is 0.00746. The van der Waals surface area contributed by atoms with E-state index in [1.165, 1.54) is 28.4 Å². The summed E-state index contributed by atoms with van der Waals surface area (Å²) in [5.74, 6) is -2.38. The average molecular weight is 401 g/mol. The summed E-state index contributed by atoms with van der Waals surface area (Å²) in [5.41, 5.74) is 1.98. The molecule has 1 aliphatic rings. The van der Waals surface area contributed by atoms with Gasteiger partial charge in [-0.25, -0.2) is 18.2 Å². The maximum atomic E-state index is 13.9. The third-order valence-electron chi connectivity index (χ3n) is 4.50. The van der Waals surface area contributed by atoms with Gasteiger partial charge in [0.2, 0.25) is 0 Å². The van der Waals surface area contributed by atoms with Crippen LogP contribution in [-0.2, 0) is 0 Å². The molecule has 0 unspecified atom stereocenters. The number of benzene rings is 2. The van der Waals surface area contributed by atoms with E-state index < -0.39 is 17.5 Å². The van der Waals surface area contributed by atoms with Gasteiger partial charge in [0, 0.05) is 16.6 Å². The zero-order valence-corrected chi connectivity index (χ0v) is 15.4. The van der Waals surface area contributed by atoms with Gasteiger partial charge in [0.15, 0.2) is 11.6 Å². The normalized spacial score (nSPS) is 14.3. The Morgan fingerprint density at radius 3 is 2.57 bits per heavy atom. The molecule has 4 rings (SSSR count). The third-order valence-corrected chi connectivity index (χ3v) is 5.36. The molecule has 0 atom stereocenters. The molecule has 0 radical (unpaired) electrons. The van der Waals surface area contributed by atoms with E-state index in [0.29, 0.717) is 27.5 Å². The lowest BCUT2D eigenvalue weighted by molar-refractivity contribution is 0.411. The van der Waals surface area contributed by atoms with Crippen LogP contribution < -0.4 is 4.90 Å². The molecule has 3 aromatic rings. The topological polar surface area (TPSA) is 60.2 Å². The summed E-state index contributed by atoms with van der Waals surface area (Å²) >= 11 is 1.18. The van der Waals surface area contributed by atoms with Gasteiger partial charge in [0.05, 0.1) is 17.8 Å². The van der Waals surface area contributed by atoms with Crippen LogP contribution in [0.15, 0.2) is 47.5 Å². The maximum absolute atomic E-state index is 13.9. The van der Waals surface area contributed by atoms with Gasteiger partial charge in [0.1, 0.15) is 22.4 Å². The number of aliphatic hydroxyl groups is 1. The molecule has 2 N–H and O–H groups in total. The van der Waals surface area contributed by atoms with Gasteiger partial charge in [-0.15, -0.1) is 11.3 Å². The van der Waals surface area contributed by atoms with E-state index in [2.05, 4.69) is 4.98 Å².